The fourth-order valence-corrected chi connectivity index (χ4v) is 6.47. The monoisotopic (exact) mass is 526 g/mol. The number of anilines is 2. The fourth-order valence-electron chi connectivity index (χ4n) is 6.47. The number of fused-ring (bicyclic) bond motifs is 3. The van der Waals surface area contributed by atoms with Crippen LogP contribution in [-0.2, 0) is 32.6 Å². The van der Waals surface area contributed by atoms with E-state index in [-0.39, 0.29) is 36.1 Å². The molecule has 2 N–H and O–H groups in total. The van der Waals surface area contributed by atoms with Gasteiger partial charge in [-0.25, -0.2) is 9.37 Å². The zero-order chi connectivity index (χ0) is 27.5. The molecule has 0 saturated carbocycles. The molecule has 3 heterocycles. The maximum Gasteiger partial charge on any atom is 0.244 e. The summed E-state index contributed by atoms with van der Waals surface area (Å²) in [6.45, 7) is 5.54. The summed E-state index contributed by atoms with van der Waals surface area (Å²) in [6.07, 6.45) is 4.07. The lowest BCUT2D eigenvalue weighted by Crippen LogP contribution is -2.50. The molecule has 0 bridgehead atoms. The van der Waals surface area contributed by atoms with Crippen LogP contribution in [0.1, 0.15) is 60.5 Å². The number of halogens is 1. The quantitative estimate of drug-likeness (QED) is 0.509. The van der Waals surface area contributed by atoms with Gasteiger partial charge in [0.15, 0.2) is 0 Å². The van der Waals surface area contributed by atoms with Gasteiger partial charge < -0.3 is 15.5 Å². The molecule has 1 spiro atoms. The molecule has 200 valence electrons. The average Bonchev–Trinajstić information content (AvgIpc) is 3.41. The standard InChI is InChI=1S/C31H31FN4O3/c1-18-6-8-21(32)14-23(18)25-10-11-30(2,3)29(39)36(25)17-26(37)34-22-9-7-19-15-31(16-20(19)13-22)24-5-4-12-33-27(24)35-28(31)38/h4-9,12-14,25H,10-11,15-17H2,1-3H3,(H,34,37)(H,33,35,38)/t25-,31?/m0/s1. The van der Waals surface area contributed by atoms with Crippen LogP contribution in [0.4, 0.5) is 15.9 Å². The van der Waals surface area contributed by atoms with Crippen LogP contribution in [0.15, 0.2) is 54.7 Å². The minimum Gasteiger partial charge on any atom is -0.326 e. The first-order valence-corrected chi connectivity index (χ1v) is 13.3. The SMILES string of the molecule is Cc1ccc(F)cc1[C@@H]1CCC(C)(C)C(=O)N1CC(=O)Nc1ccc2c(c1)CC1(C2)C(=O)Nc2ncccc21. The van der Waals surface area contributed by atoms with Crippen molar-refractivity contribution in [3.8, 4) is 0 Å². The molecule has 0 radical (unpaired) electrons. The summed E-state index contributed by atoms with van der Waals surface area (Å²) in [5.41, 5.74) is 3.92. The molecule has 2 aromatic carbocycles. The van der Waals surface area contributed by atoms with Gasteiger partial charge in [-0.15, -0.1) is 0 Å². The van der Waals surface area contributed by atoms with Crippen molar-refractivity contribution in [3.05, 3.63) is 88.4 Å². The van der Waals surface area contributed by atoms with Crippen LogP contribution in [-0.4, -0.2) is 34.2 Å². The first kappa shape index (κ1) is 25.2. The lowest BCUT2D eigenvalue weighted by Gasteiger charge is -2.43. The van der Waals surface area contributed by atoms with E-state index in [0.29, 0.717) is 37.2 Å². The second-order valence-electron chi connectivity index (χ2n) is 11.7. The normalized spacial score (nSPS) is 23.0. The number of nitrogens with zero attached hydrogens (tertiary/aromatic N) is 2. The van der Waals surface area contributed by atoms with Crippen LogP contribution < -0.4 is 10.6 Å². The number of benzene rings is 2. The number of hydrogen-bond donors (Lipinski definition) is 2. The first-order valence-electron chi connectivity index (χ1n) is 13.3. The third-order valence-corrected chi connectivity index (χ3v) is 8.64. The van der Waals surface area contributed by atoms with E-state index < -0.39 is 10.8 Å². The molecule has 1 unspecified atom stereocenters. The molecule has 1 aromatic heterocycles. The minimum absolute atomic E-state index is 0.0529. The van der Waals surface area contributed by atoms with E-state index >= 15 is 0 Å². The van der Waals surface area contributed by atoms with Crippen molar-refractivity contribution in [1.29, 1.82) is 0 Å². The molecule has 3 aliphatic rings. The highest BCUT2D eigenvalue weighted by Gasteiger charge is 2.51. The summed E-state index contributed by atoms with van der Waals surface area (Å²) in [5.74, 6) is -0.236. The predicted octanol–water partition coefficient (Wildman–Crippen LogP) is 4.85. The Morgan fingerprint density at radius 3 is 2.74 bits per heavy atom. The van der Waals surface area contributed by atoms with Crippen molar-refractivity contribution in [3.63, 3.8) is 0 Å². The Hall–Kier alpha value is -4.07. The number of carbonyl (C=O) groups is 3. The summed E-state index contributed by atoms with van der Waals surface area (Å²) in [6, 6.07) is 13.7. The zero-order valence-electron chi connectivity index (χ0n) is 22.3. The van der Waals surface area contributed by atoms with Crippen LogP contribution in [0.25, 0.3) is 0 Å². The fraction of sp³-hybridized carbons (Fsp3) is 0.355. The number of likely N-dealkylation sites (tertiary alicyclic amines) is 1. The summed E-state index contributed by atoms with van der Waals surface area (Å²) in [5, 5.41) is 5.87. The van der Waals surface area contributed by atoms with Gasteiger partial charge in [0.2, 0.25) is 17.7 Å². The van der Waals surface area contributed by atoms with Gasteiger partial charge in [0.1, 0.15) is 18.2 Å². The summed E-state index contributed by atoms with van der Waals surface area (Å²) in [4.78, 5) is 45.6. The number of piperidine rings is 1. The average molecular weight is 527 g/mol. The highest BCUT2D eigenvalue weighted by atomic mass is 19.1. The molecule has 1 aliphatic carbocycles. The van der Waals surface area contributed by atoms with Gasteiger partial charge in [0.05, 0.1) is 11.5 Å². The number of amides is 3. The Bertz CT molecular complexity index is 1530. The van der Waals surface area contributed by atoms with Gasteiger partial charge in [-0.05, 0) is 85.2 Å². The van der Waals surface area contributed by atoms with Gasteiger partial charge in [-0.2, -0.15) is 0 Å². The van der Waals surface area contributed by atoms with Crippen molar-refractivity contribution < 1.29 is 18.8 Å². The van der Waals surface area contributed by atoms with Crippen molar-refractivity contribution in [1.82, 2.24) is 9.88 Å². The Morgan fingerprint density at radius 2 is 1.92 bits per heavy atom. The number of aryl methyl sites for hydroxylation is 1. The molecule has 2 aliphatic heterocycles. The molecular weight excluding hydrogens is 495 g/mol. The van der Waals surface area contributed by atoms with Gasteiger partial charge in [0.25, 0.3) is 0 Å². The van der Waals surface area contributed by atoms with E-state index in [4.69, 9.17) is 0 Å². The van der Waals surface area contributed by atoms with Crippen LogP contribution in [0, 0.1) is 18.2 Å². The molecule has 3 aromatic rings. The Balaban J connectivity index is 1.22. The molecule has 7 nitrogen and oxygen atoms in total. The molecule has 1 fully saturated rings. The van der Waals surface area contributed by atoms with E-state index in [1.165, 1.54) is 12.1 Å². The highest BCUT2D eigenvalue weighted by molar-refractivity contribution is 6.06. The van der Waals surface area contributed by atoms with E-state index in [1.54, 1.807) is 17.2 Å². The molecule has 8 heteroatoms. The number of rotatable bonds is 4. The van der Waals surface area contributed by atoms with Gasteiger partial charge in [0, 0.05) is 22.9 Å². The van der Waals surface area contributed by atoms with Crippen molar-refractivity contribution in [2.75, 3.05) is 17.2 Å². The predicted molar refractivity (Wildman–Crippen MR) is 146 cm³/mol. The maximum atomic E-state index is 14.1. The van der Waals surface area contributed by atoms with E-state index in [2.05, 4.69) is 15.6 Å². The largest absolute Gasteiger partial charge is 0.326 e. The molecular formula is C31H31FN4O3. The van der Waals surface area contributed by atoms with E-state index in [9.17, 15) is 18.8 Å². The topological polar surface area (TPSA) is 91.4 Å². The lowest BCUT2D eigenvalue weighted by atomic mass is 9.78. The summed E-state index contributed by atoms with van der Waals surface area (Å²) in [7, 11) is 0. The Kier molecular flexibility index (Phi) is 5.82. The second kappa shape index (κ2) is 9.00. The van der Waals surface area contributed by atoms with Crippen LogP contribution in [0.2, 0.25) is 0 Å². The third-order valence-electron chi connectivity index (χ3n) is 8.64. The second-order valence-corrected chi connectivity index (χ2v) is 11.7. The highest BCUT2D eigenvalue weighted by Crippen LogP contribution is 2.47. The number of carbonyl (C=O) groups excluding carboxylic acids is 3. The first-order chi connectivity index (χ1) is 18.6. The summed E-state index contributed by atoms with van der Waals surface area (Å²) >= 11 is 0. The number of hydrogen-bond acceptors (Lipinski definition) is 4. The number of aromatic nitrogens is 1. The van der Waals surface area contributed by atoms with Gasteiger partial charge in [-0.1, -0.05) is 32.0 Å². The molecule has 39 heavy (non-hydrogen) atoms. The van der Waals surface area contributed by atoms with E-state index in [0.717, 1.165) is 27.8 Å². The molecule has 3 amide bonds. The molecule has 1 saturated heterocycles. The number of nitrogens with one attached hydrogen (secondary N) is 2. The van der Waals surface area contributed by atoms with Crippen LogP contribution >= 0.6 is 0 Å². The van der Waals surface area contributed by atoms with Gasteiger partial charge in [-0.3, -0.25) is 14.4 Å². The van der Waals surface area contributed by atoms with Crippen LogP contribution in [0.5, 0.6) is 0 Å². The van der Waals surface area contributed by atoms with E-state index in [1.807, 2.05) is 51.1 Å². The summed E-state index contributed by atoms with van der Waals surface area (Å²) < 4.78 is 14.1. The van der Waals surface area contributed by atoms with Gasteiger partial charge >= 0.3 is 0 Å². The third kappa shape index (κ3) is 4.18. The smallest absolute Gasteiger partial charge is 0.244 e. The van der Waals surface area contributed by atoms with Crippen molar-refractivity contribution in [2.24, 2.45) is 5.41 Å². The Morgan fingerprint density at radius 1 is 1.13 bits per heavy atom. The lowest BCUT2D eigenvalue weighted by molar-refractivity contribution is -0.150. The Labute approximate surface area is 226 Å². The number of pyridine rings is 1. The maximum absolute atomic E-state index is 14.1. The van der Waals surface area contributed by atoms with Crippen LogP contribution in [0.3, 0.4) is 0 Å². The molecule has 6 rings (SSSR count). The zero-order valence-corrected chi connectivity index (χ0v) is 22.3. The van der Waals surface area contributed by atoms with Crippen molar-refractivity contribution in [2.45, 2.75) is 57.9 Å². The molecule has 2 atom stereocenters. The minimum atomic E-state index is -0.684. The van der Waals surface area contributed by atoms with Crippen molar-refractivity contribution >= 4 is 29.2 Å².